The van der Waals surface area contributed by atoms with Crippen LogP contribution in [0.2, 0.25) is 0 Å². The maximum absolute atomic E-state index is 3.82. The first-order chi connectivity index (χ1) is 12.0. The van der Waals surface area contributed by atoms with Crippen LogP contribution in [0.5, 0.6) is 0 Å². The van der Waals surface area contributed by atoms with Crippen LogP contribution < -0.4 is 0 Å². The number of hydrogen-bond acceptors (Lipinski definition) is 3. The average molecular weight is 387 g/mol. The van der Waals surface area contributed by atoms with E-state index in [4.69, 9.17) is 0 Å². The zero-order valence-electron chi connectivity index (χ0n) is 15.5. The van der Waals surface area contributed by atoms with Crippen molar-refractivity contribution in [3.63, 3.8) is 0 Å². The molecule has 0 heterocycles. The van der Waals surface area contributed by atoms with Crippen LogP contribution >= 0.6 is 35.3 Å². The van der Waals surface area contributed by atoms with Gasteiger partial charge in [0.1, 0.15) is 0 Å². The normalized spacial score (nSPS) is 10.7. The summed E-state index contributed by atoms with van der Waals surface area (Å²) < 4.78 is 0. The molecule has 0 fully saturated rings. The van der Waals surface area contributed by atoms with Gasteiger partial charge in [-0.1, -0.05) is 23.9 Å². The van der Waals surface area contributed by atoms with Crippen molar-refractivity contribution in [3.8, 4) is 0 Å². The summed E-state index contributed by atoms with van der Waals surface area (Å²) in [4.78, 5) is 5.38. The quantitative estimate of drug-likeness (QED) is 0.338. The van der Waals surface area contributed by atoms with Crippen molar-refractivity contribution >= 4 is 35.3 Å². The fraction of sp³-hybridized carbons (Fsp3) is 0.273. The molecule has 0 atom stereocenters. The Bertz CT molecular complexity index is 663. The summed E-state index contributed by atoms with van der Waals surface area (Å²) in [7, 11) is 0. The standard InChI is InChI=1S/C22H26S3/c1-7-9-23-21-15(3)11-19(12-16(21)4)25-20-13-17(5)22(18(6)14-20)24-10-8-2/h7-8,11-14H,1-2,9-10H2,3-6H3. The lowest BCUT2D eigenvalue weighted by Gasteiger charge is -2.14. The van der Waals surface area contributed by atoms with Crippen molar-refractivity contribution in [1.29, 1.82) is 0 Å². The molecule has 2 rings (SSSR count). The molecule has 0 radical (unpaired) electrons. The summed E-state index contributed by atoms with van der Waals surface area (Å²) in [5.74, 6) is 1.91. The molecule has 25 heavy (non-hydrogen) atoms. The van der Waals surface area contributed by atoms with Gasteiger partial charge in [0.05, 0.1) is 0 Å². The molecule has 2 aromatic carbocycles. The Hall–Kier alpha value is -1.03. The lowest BCUT2D eigenvalue weighted by Crippen LogP contribution is -1.90. The van der Waals surface area contributed by atoms with Gasteiger partial charge in [0.2, 0.25) is 0 Å². The van der Waals surface area contributed by atoms with Crippen LogP contribution in [-0.2, 0) is 0 Å². The van der Waals surface area contributed by atoms with Crippen LogP contribution in [-0.4, -0.2) is 11.5 Å². The Kier molecular flexibility index (Phi) is 7.80. The van der Waals surface area contributed by atoms with Crippen LogP contribution in [0.1, 0.15) is 22.3 Å². The Morgan fingerprint density at radius 1 is 0.680 bits per heavy atom. The summed E-state index contributed by atoms with van der Waals surface area (Å²) in [5.41, 5.74) is 5.39. The van der Waals surface area contributed by atoms with Crippen LogP contribution in [0.25, 0.3) is 0 Å². The van der Waals surface area contributed by atoms with Gasteiger partial charge in [0.15, 0.2) is 0 Å². The highest BCUT2D eigenvalue weighted by Gasteiger charge is 2.09. The van der Waals surface area contributed by atoms with Crippen molar-refractivity contribution in [2.24, 2.45) is 0 Å². The van der Waals surface area contributed by atoms with Crippen molar-refractivity contribution in [2.75, 3.05) is 11.5 Å². The summed E-state index contributed by atoms with van der Waals surface area (Å²) in [6.07, 6.45) is 3.92. The first-order valence-electron chi connectivity index (χ1n) is 8.34. The SMILES string of the molecule is C=CCSc1c(C)cc(Sc2cc(C)c(SCC=C)c(C)c2)cc1C. The van der Waals surface area contributed by atoms with Crippen LogP contribution in [0.3, 0.4) is 0 Å². The van der Waals surface area contributed by atoms with E-state index in [2.05, 4.69) is 65.1 Å². The number of thioether (sulfide) groups is 2. The zero-order valence-corrected chi connectivity index (χ0v) is 18.0. The Morgan fingerprint density at radius 2 is 1.00 bits per heavy atom. The van der Waals surface area contributed by atoms with E-state index < -0.39 is 0 Å². The first-order valence-corrected chi connectivity index (χ1v) is 11.1. The van der Waals surface area contributed by atoms with E-state index in [9.17, 15) is 0 Å². The van der Waals surface area contributed by atoms with Gasteiger partial charge in [0, 0.05) is 31.1 Å². The van der Waals surface area contributed by atoms with Gasteiger partial charge in [-0.25, -0.2) is 0 Å². The maximum Gasteiger partial charge on any atom is 0.0158 e. The third-order valence-electron chi connectivity index (χ3n) is 3.79. The second-order valence-corrected chi connectivity index (χ2v) is 9.28. The van der Waals surface area contributed by atoms with Crippen molar-refractivity contribution < 1.29 is 0 Å². The fourth-order valence-corrected chi connectivity index (χ4v) is 5.75. The highest BCUT2D eigenvalue weighted by atomic mass is 32.2. The van der Waals surface area contributed by atoms with E-state index in [1.807, 2.05) is 47.4 Å². The Labute approximate surface area is 165 Å². The second-order valence-electron chi connectivity index (χ2n) is 6.07. The maximum atomic E-state index is 3.82. The van der Waals surface area contributed by atoms with Gasteiger partial charge in [0.25, 0.3) is 0 Å². The largest absolute Gasteiger partial charge is 0.121 e. The first kappa shape index (κ1) is 20.3. The van der Waals surface area contributed by atoms with Crippen LogP contribution in [0.4, 0.5) is 0 Å². The molecule has 0 aliphatic heterocycles. The van der Waals surface area contributed by atoms with Gasteiger partial charge >= 0.3 is 0 Å². The van der Waals surface area contributed by atoms with Gasteiger partial charge in [-0.3, -0.25) is 0 Å². The lowest BCUT2D eigenvalue weighted by atomic mass is 10.1. The highest BCUT2D eigenvalue weighted by molar-refractivity contribution is 8.00. The summed E-state index contributed by atoms with van der Waals surface area (Å²) in [5, 5.41) is 0. The summed E-state index contributed by atoms with van der Waals surface area (Å²) in [6, 6.07) is 9.20. The molecule has 0 N–H and O–H groups in total. The van der Waals surface area contributed by atoms with E-state index in [0.717, 1.165) is 11.5 Å². The van der Waals surface area contributed by atoms with E-state index in [1.54, 1.807) is 0 Å². The lowest BCUT2D eigenvalue weighted by molar-refractivity contribution is 1.15. The topological polar surface area (TPSA) is 0 Å². The van der Waals surface area contributed by atoms with E-state index >= 15 is 0 Å². The third kappa shape index (κ3) is 5.47. The predicted octanol–water partition coefficient (Wildman–Crippen LogP) is 7.63. The molecule has 0 aliphatic carbocycles. The molecule has 0 unspecified atom stereocenters. The number of benzene rings is 2. The smallest absolute Gasteiger partial charge is 0.0158 e. The molecule has 0 aliphatic rings. The minimum Gasteiger partial charge on any atom is -0.121 e. The van der Waals surface area contributed by atoms with Crippen LogP contribution in [0, 0.1) is 27.7 Å². The Morgan fingerprint density at radius 3 is 1.28 bits per heavy atom. The summed E-state index contributed by atoms with van der Waals surface area (Å²) in [6.45, 7) is 16.4. The molecule has 0 saturated carbocycles. The highest BCUT2D eigenvalue weighted by Crippen LogP contribution is 2.37. The molecular formula is C22H26S3. The third-order valence-corrected chi connectivity index (χ3v) is 7.41. The molecule has 0 bridgehead atoms. The second kappa shape index (κ2) is 9.61. The van der Waals surface area contributed by atoms with Crippen molar-refractivity contribution in [1.82, 2.24) is 0 Å². The number of aryl methyl sites for hydroxylation is 4. The fourth-order valence-electron chi connectivity index (χ4n) is 2.81. The van der Waals surface area contributed by atoms with Crippen molar-refractivity contribution in [2.45, 2.75) is 47.3 Å². The van der Waals surface area contributed by atoms with E-state index in [-0.39, 0.29) is 0 Å². The molecule has 0 spiro atoms. The van der Waals surface area contributed by atoms with E-state index in [1.165, 1.54) is 41.8 Å². The van der Waals surface area contributed by atoms with E-state index in [0.29, 0.717) is 0 Å². The molecule has 132 valence electrons. The van der Waals surface area contributed by atoms with Gasteiger partial charge < -0.3 is 0 Å². The number of rotatable bonds is 8. The minimum absolute atomic E-state index is 0.955. The molecule has 0 amide bonds. The van der Waals surface area contributed by atoms with Gasteiger partial charge in [-0.2, -0.15) is 0 Å². The number of hydrogen-bond donors (Lipinski definition) is 0. The Balaban J connectivity index is 2.25. The van der Waals surface area contributed by atoms with Gasteiger partial charge in [-0.15, -0.1) is 36.7 Å². The summed E-state index contributed by atoms with van der Waals surface area (Å²) >= 11 is 5.58. The zero-order chi connectivity index (χ0) is 18.4. The molecule has 0 aromatic heterocycles. The molecule has 0 nitrogen and oxygen atoms in total. The molecular weight excluding hydrogens is 360 g/mol. The predicted molar refractivity (Wildman–Crippen MR) is 118 cm³/mol. The molecule has 3 heteroatoms. The monoisotopic (exact) mass is 386 g/mol. The molecule has 0 saturated heterocycles. The van der Waals surface area contributed by atoms with Gasteiger partial charge in [-0.05, 0) is 74.2 Å². The van der Waals surface area contributed by atoms with Crippen molar-refractivity contribution in [3.05, 3.63) is 71.8 Å². The molecule has 2 aromatic rings. The average Bonchev–Trinajstić information content (AvgIpc) is 2.53. The van der Waals surface area contributed by atoms with Crippen LogP contribution in [0.15, 0.2) is 69.2 Å². The minimum atomic E-state index is 0.955.